The molecule has 14 nitrogen and oxygen atoms in total. The van der Waals surface area contributed by atoms with E-state index >= 15 is 0 Å². The smallest absolute Gasteiger partial charge is 0.351 e. The van der Waals surface area contributed by atoms with Gasteiger partial charge in [0.2, 0.25) is 0 Å². The molecule has 1 saturated heterocycles. The number of anilines is 2. The average molecular weight is 935 g/mol. The van der Waals surface area contributed by atoms with Crippen molar-refractivity contribution in [3.05, 3.63) is 93.4 Å². The minimum absolute atomic E-state index is 0.179. The Morgan fingerprint density at radius 3 is 1.89 bits per heavy atom. The predicted octanol–water partition coefficient (Wildman–Crippen LogP) is 8.15. The molecular formula is C45H50N4O10S4. The zero-order valence-corrected chi connectivity index (χ0v) is 38.6. The first-order chi connectivity index (χ1) is 30.6. The summed E-state index contributed by atoms with van der Waals surface area (Å²) in [4.78, 5) is 75.1. The Morgan fingerprint density at radius 1 is 0.778 bits per heavy atom. The number of hydrogen-bond acceptors (Lipinski definition) is 17. The van der Waals surface area contributed by atoms with E-state index in [0.29, 0.717) is 34.7 Å². The summed E-state index contributed by atoms with van der Waals surface area (Å²) in [6, 6.07) is 17.2. The Labute approximate surface area is 385 Å². The van der Waals surface area contributed by atoms with Crippen molar-refractivity contribution in [1.29, 1.82) is 5.26 Å². The van der Waals surface area contributed by atoms with Gasteiger partial charge in [0.25, 0.3) is 5.70 Å². The summed E-state index contributed by atoms with van der Waals surface area (Å²) in [6.45, 7) is 15.6. The number of carbonyl (C=O) groups is 5. The second-order valence-electron chi connectivity index (χ2n) is 14.4. The van der Waals surface area contributed by atoms with Gasteiger partial charge in [0, 0.05) is 45.9 Å². The quantitative estimate of drug-likeness (QED) is 0.0237. The van der Waals surface area contributed by atoms with E-state index in [4.69, 9.17) is 30.3 Å². The van der Waals surface area contributed by atoms with Crippen LogP contribution in [0.15, 0.2) is 91.8 Å². The van der Waals surface area contributed by atoms with Crippen LogP contribution in [0.4, 0.5) is 11.4 Å². The number of esters is 5. The molecule has 0 amide bonds. The fourth-order valence-corrected chi connectivity index (χ4v) is 11.0. The Balaban J connectivity index is 1.17. The van der Waals surface area contributed by atoms with Gasteiger partial charge in [0.15, 0.2) is 5.57 Å². The van der Waals surface area contributed by atoms with Crippen LogP contribution in [0.2, 0.25) is 0 Å². The van der Waals surface area contributed by atoms with Gasteiger partial charge in [-0.2, -0.15) is 28.8 Å². The van der Waals surface area contributed by atoms with Crippen LogP contribution in [0.1, 0.15) is 52.4 Å². The Bertz CT molecular complexity index is 2150. The number of nitrogens with zero attached hydrogens (tertiary/aromatic N) is 4. The molecule has 2 aromatic rings. The lowest BCUT2D eigenvalue weighted by atomic mass is 10.0. The first-order valence-corrected chi connectivity index (χ1v) is 24.6. The van der Waals surface area contributed by atoms with Crippen LogP contribution in [-0.4, -0.2) is 98.5 Å². The third kappa shape index (κ3) is 14.0. The summed E-state index contributed by atoms with van der Waals surface area (Å²) < 4.78 is 27.1. The van der Waals surface area contributed by atoms with Crippen LogP contribution in [0, 0.1) is 23.8 Å². The number of para-hydroxylation sites is 2. The fourth-order valence-electron chi connectivity index (χ4n) is 6.46. The molecule has 0 saturated carbocycles. The maximum Gasteiger partial charge on any atom is 0.351 e. The van der Waals surface area contributed by atoms with Crippen LogP contribution in [-0.2, 0) is 47.7 Å². The number of rotatable bonds is 20. The highest BCUT2D eigenvalue weighted by molar-refractivity contribution is 8.04. The third-order valence-electron chi connectivity index (χ3n) is 9.54. The minimum Gasteiger partial charge on any atom is -0.467 e. The molecule has 1 unspecified atom stereocenters. The molecule has 1 atom stereocenters. The Hall–Kier alpha value is -5.01. The van der Waals surface area contributed by atoms with Gasteiger partial charge < -0.3 is 33.5 Å². The zero-order chi connectivity index (χ0) is 45.1. The summed E-state index contributed by atoms with van der Waals surface area (Å²) in [5.74, 6) is -3.02. The minimum atomic E-state index is -1.32. The number of hydrogen-bond donors (Lipinski definition) is 0. The van der Waals surface area contributed by atoms with Crippen LogP contribution in [0.25, 0.3) is 4.85 Å². The van der Waals surface area contributed by atoms with E-state index in [1.807, 2.05) is 71.3 Å². The molecule has 0 spiro atoms. The molecule has 2 aromatic carbocycles. The van der Waals surface area contributed by atoms with Crippen LogP contribution >= 0.6 is 47.0 Å². The number of ether oxygens (including phenoxy) is 5. The van der Waals surface area contributed by atoms with Gasteiger partial charge in [-0.1, -0.05) is 86.6 Å². The molecule has 3 aliphatic heterocycles. The SMILES string of the molecule is [C-]#[N+]/C(C(=O)OCCOC(=O)CC(CC(=O)OC1CSCC(=C)CSC1)C(=O)OCCOC(=O)/C(C#N)=C1\Sc2ccccc2N1CCCC)=C1/Sc2ccccc2N1CCCC. The molecule has 3 aliphatic rings. The molecule has 18 heteroatoms. The number of unbranched alkanes of at least 4 members (excludes halogenated alkanes) is 2. The van der Waals surface area contributed by atoms with E-state index in [0.717, 1.165) is 63.9 Å². The normalized spacial score (nSPS) is 16.9. The summed E-state index contributed by atoms with van der Waals surface area (Å²) in [7, 11) is 0. The highest BCUT2D eigenvalue weighted by atomic mass is 32.2. The summed E-state index contributed by atoms with van der Waals surface area (Å²) in [6.07, 6.45) is 2.03. The molecule has 0 aliphatic carbocycles. The predicted molar refractivity (Wildman–Crippen MR) is 246 cm³/mol. The van der Waals surface area contributed by atoms with Crippen molar-refractivity contribution in [3.8, 4) is 6.07 Å². The number of carbonyl (C=O) groups excluding carboxylic acids is 5. The Morgan fingerprint density at radius 2 is 1.30 bits per heavy atom. The number of fused-ring (bicyclic) bond motifs is 2. The molecule has 0 N–H and O–H groups in total. The van der Waals surface area contributed by atoms with Gasteiger partial charge >= 0.3 is 29.8 Å². The van der Waals surface area contributed by atoms with Crippen LogP contribution in [0.5, 0.6) is 0 Å². The molecule has 3 heterocycles. The zero-order valence-electron chi connectivity index (χ0n) is 35.3. The largest absolute Gasteiger partial charge is 0.467 e. The first kappa shape index (κ1) is 49.0. The second-order valence-corrected chi connectivity index (χ2v) is 18.5. The summed E-state index contributed by atoms with van der Waals surface area (Å²) >= 11 is 5.81. The number of thioether (sulfide) groups is 4. The molecule has 1 fully saturated rings. The molecule has 334 valence electrons. The van der Waals surface area contributed by atoms with Gasteiger partial charge in [-0.05, 0) is 37.1 Å². The van der Waals surface area contributed by atoms with Gasteiger partial charge in [-0.15, -0.1) is 0 Å². The van der Waals surface area contributed by atoms with Crippen molar-refractivity contribution >= 4 is 88.3 Å². The van der Waals surface area contributed by atoms with Gasteiger partial charge in [0.1, 0.15) is 43.6 Å². The monoisotopic (exact) mass is 934 g/mol. The lowest BCUT2D eigenvalue weighted by Gasteiger charge is -2.22. The lowest BCUT2D eigenvalue weighted by molar-refractivity contribution is -0.162. The Kier molecular flexibility index (Phi) is 19.7. The van der Waals surface area contributed by atoms with E-state index in [1.165, 1.54) is 23.5 Å². The summed E-state index contributed by atoms with van der Waals surface area (Å²) in [5.41, 5.74) is 2.53. The topological polar surface area (TPSA) is 166 Å². The van der Waals surface area contributed by atoms with Crippen molar-refractivity contribution in [2.24, 2.45) is 5.92 Å². The fraction of sp³-hybridized carbons (Fsp3) is 0.444. The van der Waals surface area contributed by atoms with E-state index in [-0.39, 0.29) is 24.5 Å². The van der Waals surface area contributed by atoms with E-state index < -0.39 is 67.9 Å². The average Bonchev–Trinajstić information content (AvgIpc) is 3.82. The molecular weight excluding hydrogens is 885 g/mol. The van der Waals surface area contributed by atoms with Crippen molar-refractivity contribution < 1.29 is 47.7 Å². The first-order valence-electron chi connectivity index (χ1n) is 20.6. The van der Waals surface area contributed by atoms with Crippen molar-refractivity contribution in [2.45, 2.75) is 68.3 Å². The lowest BCUT2D eigenvalue weighted by Crippen LogP contribution is -2.30. The van der Waals surface area contributed by atoms with E-state index in [1.54, 1.807) is 23.5 Å². The van der Waals surface area contributed by atoms with Crippen molar-refractivity contribution in [1.82, 2.24) is 0 Å². The number of nitriles is 1. The van der Waals surface area contributed by atoms with Gasteiger partial charge in [-0.3, -0.25) is 19.2 Å². The van der Waals surface area contributed by atoms with Gasteiger partial charge in [-0.25, -0.2) is 9.64 Å². The molecule has 0 bridgehead atoms. The molecule has 63 heavy (non-hydrogen) atoms. The maximum atomic E-state index is 13.4. The number of benzene rings is 2. The molecule has 0 radical (unpaired) electrons. The van der Waals surface area contributed by atoms with Crippen molar-refractivity contribution in [3.63, 3.8) is 0 Å². The molecule has 0 aromatic heterocycles. The van der Waals surface area contributed by atoms with Crippen molar-refractivity contribution in [2.75, 3.05) is 72.3 Å². The van der Waals surface area contributed by atoms with Crippen LogP contribution in [0.3, 0.4) is 0 Å². The van der Waals surface area contributed by atoms with Crippen LogP contribution < -0.4 is 9.80 Å². The highest BCUT2D eigenvalue weighted by Crippen LogP contribution is 2.48. The second kappa shape index (κ2) is 25.3. The maximum absolute atomic E-state index is 13.4. The summed E-state index contributed by atoms with van der Waals surface area (Å²) in [5, 5.41) is 10.9. The van der Waals surface area contributed by atoms with E-state index in [2.05, 4.69) is 18.3 Å². The third-order valence-corrected chi connectivity index (χ3v) is 14.3. The molecule has 5 rings (SSSR count). The standard InChI is InChI=1S/C45H50N4O10S4/c1-5-7-17-48-34-13-9-11-15-36(34)62-41(48)33(25-46)44(53)57-22-21-56-43(52)31(24-39(51)59-32-28-60-26-30(3)27-61-29-32)23-38(50)55-19-20-58-45(54)40(47-4)42-49(18-8-6-2)35-14-10-12-16-37(35)63-42/h9-16,31-32H,3,5-8,17-24,26-29H2,1-2H3/b41-33-,42-40+. The highest BCUT2D eigenvalue weighted by Gasteiger charge is 2.33. The van der Waals surface area contributed by atoms with Gasteiger partial charge in [0.05, 0.1) is 41.7 Å². The van der Waals surface area contributed by atoms with E-state index in [9.17, 15) is 29.2 Å².